The number of likely N-dealkylation sites (N-methyl/N-ethyl adjacent to an activating group) is 1. The molecule has 0 N–H and O–H groups in total. The van der Waals surface area contributed by atoms with Crippen molar-refractivity contribution in [2.75, 3.05) is 33.2 Å². The van der Waals surface area contributed by atoms with E-state index < -0.39 is 0 Å². The van der Waals surface area contributed by atoms with Crippen LogP contribution in [0.25, 0.3) is 28.0 Å². The van der Waals surface area contributed by atoms with Crippen molar-refractivity contribution >= 4 is 17.0 Å². The van der Waals surface area contributed by atoms with E-state index in [2.05, 4.69) is 62.5 Å². The van der Waals surface area contributed by atoms with Gasteiger partial charge in [0.2, 0.25) is 0 Å². The largest absolute Gasteiger partial charge is 0.305 e. The van der Waals surface area contributed by atoms with E-state index in [-0.39, 0.29) is 0 Å². The number of hydrogen-bond donors (Lipinski definition) is 0. The van der Waals surface area contributed by atoms with Crippen LogP contribution >= 0.6 is 11.3 Å². The molecular formula is C25H25N5S. The van der Waals surface area contributed by atoms with Crippen LogP contribution in [0.1, 0.15) is 17.7 Å². The lowest BCUT2D eigenvalue weighted by Crippen LogP contribution is -2.29. The Labute approximate surface area is 186 Å². The molecule has 6 heteroatoms. The van der Waals surface area contributed by atoms with E-state index in [1.54, 1.807) is 11.3 Å². The Morgan fingerprint density at radius 3 is 2.58 bits per heavy atom. The molecule has 5 nitrogen and oxygen atoms in total. The Kier molecular flexibility index (Phi) is 5.56. The van der Waals surface area contributed by atoms with Crippen molar-refractivity contribution in [3.63, 3.8) is 0 Å². The van der Waals surface area contributed by atoms with E-state index in [1.807, 2.05) is 24.3 Å². The van der Waals surface area contributed by atoms with Gasteiger partial charge >= 0.3 is 0 Å². The quantitative estimate of drug-likeness (QED) is 0.472. The van der Waals surface area contributed by atoms with E-state index in [1.165, 1.54) is 23.2 Å². The average molecular weight is 428 g/mol. The van der Waals surface area contributed by atoms with E-state index in [0.29, 0.717) is 5.56 Å². The average Bonchev–Trinajstić information content (AvgIpc) is 3.40. The first-order chi connectivity index (χ1) is 15.2. The Balaban J connectivity index is 1.60. The molecule has 0 unspecified atom stereocenters. The third kappa shape index (κ3) is 4.13. The van der Waals surface area contributed by atoms with Gasteiger partial charge in [0.05, 0.1) is 23.0 Å². The Hall–Kier alpha value is -2.98. The van der Waals surface area contributed by atoms with Gasteiger partial charge in [-0.3, -0.25) is 4.90 Å². The van der Waals surface area contributed by atoms with E-state index in [4.69, 9.17) is 4.98 Å². The summed E-state index contributed by atoms with van der Waals surface area (Å²) in [5, 5.41) is 13.5. The third-order valence-corrected chi connectivity index (χ3v) is 6.73. The predicted molar refractivity (Wildman–Crippen MR) is 126 cm³/mol. The fraction of sp³-hybridized carbons (Fsp3) is 0.280. The highest BCUT2D eigenvalue weighted by molar-refractivity contribution is 7.08. The molecule has 31 heavy (non-hydrogen) atoms. The molecule has 4 heterocycles. The molecule has 1 saturated heterocycles. The first-order valence-electron chi connectivity index (χ1n) is 10.7. The standard InChI is InChI=1S/C25H25N5S/c1-28-10-2-11-29(13-12-28)17-23-25(20-5-3-19(15-26)4-6-20)27-24-8-7-21(16-30(23)24)22-9-14-31-18-22/h3-9,14,16,18H,2,10-13,17H2,1H3. The molecule has 1 fully saturated rings. The minimum Gasteiger partial charge on any atom is -0.305 e. The summed E-state index contributed by atoms with van der Waals surface area (Å²) in [5.41, 5.74) is 7.34. The molecule has 4 aromatic rings. The smallest absolute Gasteiger partial charge is 0.137 e. The van der Waals surface area contributed by atoms with Crippen LogP contribution in [0.15, 0.2) is 59.4 Å². The van der Waals surface area contributed by atoms with Gasteiger partial charge in [0.1, 0.15) is 5.65 Å². The molecule has 5 rings (SSSR count). The summed E-state index contributed by atoms with van der Waals surface area (Å²) in [6, 6.07) is 16.4. The molecule has 0 aliphatic carbocycles. The number of nitriles is 1. The second-order valence-corrected chi connectivity index (χ2v) is 8.97. The van der Waals surface area contributed by atoms with Crippen molar-refractivity contribution in [2.45, 2.75) is 13.0 Å². The van der Waals surface area contributed by atoms with E-state index >= 15 is 0 Å². The van der Waals surface area contributed by atoms with Crippen molar-refractivity contribution in [2.24, 2.45) is 0 Å². The van der Waals surface area contributed by atoms with Gasteiger partial charge in [0, 0.05) is 31.4 Å². The maximum absolute atomic E-state index is 9.17. The highest BCUT2D eigenvalue weighted by Crippen LogP contribution is 2.29. The molecule has 1 aliphatic heterocycles. The van der Waals surface area contributed by atoms with Crippen LogP contribution in [0.4, 0.5) is 0 Å². The molecular weight excluding hydrogens is 402 g/mol. The minimum atomic E-state index is 0.671. The lowest BCUT2D eigenvalue weighted by Gasteiger charge is -2.20. The zero-order chi connectivity index (χ0) is 21.2. The molecule has 156 valence electrons. The highest BCUT2D eigenvalue weighted by atomic mass is 32.1. The second kappa shape index (κ2) is 8.64. The Morgan fingerprint density at radius 2 is 1.81 bits per heavy atom. The SMILES string of the molecule is CN1CCCN(Cc2c(-c3ccc(C#N)cc3)nc3ccc(-c4ccsc4)cn23)CC1. The first kappa shape index (κ1) is 20.0. The summed E-state index contributed by atoms with van der Waals surface area (Å²) in [4.78, 5) is 9.96. The number of fused-ring (bicyclic) bond motifs is 1. The number of pyridine rings is 1. The van der Waals surface area contributed by atoms with Gasteiger partial charge in [0.15, 0.2) is 0 Å². The van der Waals surface area contributed by atoms with Gasteiger partial charge < -0.3 is 9.30 Å². The lowest BCUT2D eigenvalue weighted by atomic mass is 10.1. The van der Waals surface area contributed by atoms with Crippen molar-refractivity contribution in [1.82, 2.24) is 19.2 Å². The fourth-order valence-corrected chi connectivity index (χ4v) is 4.91. The lowest BCUT2D eigenvalue weighted by molar-refractivity contribution is 0.266. The van der Waals surface area contributed by atoms with Crippen molar-refractivity contribution in [3.05, 3.63) is 70.7 Å². The van der Waals surface area contributed by atoms with Crippen LogP contribution in [-0.2, 0) is 6.54 Å². The van der Waals surface area contributed by atoms with Crippen LogP contribution in [-0.4, -0.2) is 52.4 Å². The van der Waals surface area contributed by atoms with Crippen molar-refractivity contribution < 1.29 is 0 Å². The first-order valence-corrected chi connectivity index (χ1v) is 11.6. The van der Waals surface area contributed by atoms with Gasteiger partial charge in [-0.05, 0) is 78.8 Å². The van der Waals surface area contributed by atoms with Gasteiger partial charge in [0.25, 0.3) is 0 Å². The van der Waals surface area contributed by atoms with Gasteiger partial charge in [-0.25, -0.2) is 4.98 Å². The third-order valence-electron chi connectivity index (χ3n) is 6.04. The summed E-state index contributed by atoms with van der Waals surface area (Å²) in [6.07, 6.45) is 3.40. The number of thiophene rings is 1. The summed E-state index contributed by atoms with van der Waals surface area (Å²) < 4.78 is 2.26. The van der Waals surface area contributed by atoms with E-state index in [0.717, 1.165) is 49.6 Å². The van der Waals surface area contributed by atoms with Crippen molar-refractivity contribution in [3.8, 4) is 28.5 Å². The highest BCUT2D eigenvalue weighted by Gasteiger charge is 2.19. The van der Waals surface area contributed by atoms with Crippen LogP contribution < -0.4 is 0 Å². The Bertz CT molecular complexity index is 1220. The van der Waals surface area contributed by atoms with Gasteiger partial charge in [-0.2, -0.15) is 16.6 Å². The molecule has 0 amide bonds. The zero-order valence-corrected chi connectivity index (χ0v) is 18.5. The zero-order valence-electron chi connectivity index (χ0n) is 17.7. The molecule has 0 radical (unpaired) electrons. The monoisotopic (exact) mass is 427 g/mol. The summed E-state index contributed by atoms with van der Waals surface area (Å²) in [5.74, 6) is 0. The van der Waals surface area contributed by atoms with Gasteiger partial charge in [-0.1, -0.05) is 12.1 Å². The van der Waals surface area contributed by atoms with Crippen LogP contribution in [0.2, 0.25) is 0 Å². The normalized spacial score (nSPS) is 15.7. The second-order valence-electron chi connectivity index (χ2n) is 8.19. The Morgan fingerprint density at radius 1 is 0.968 bits per heavy atom. The number of rotatable bonds is 4. The van der Waals surface area contributed by atoms with Crippen LogP contribution in [0, 0.1) is 11.3 Å². The topological polar surface area (TPSA) is 47.6 Å². The molecule has 1 aromatic carbocycles. The fourth-order valence-electron chi connectivity index (χ4n) is 4.25. The minimum absolute atomic E-state index is 0.671. The number of imidazole rings is 1. The molecule has 0 atom stereocenters. The molecule has 0 spiro atoms. The summed E-state index contributed by atoms with van der Waals surface area (Å²) in [6.45, 7) is 5.24. The van der Waals surface area contributed by atoms with Gasteiger partial charge in [-0.15, -0.1) is 0 Å². The maximum Gasteiger partial charge on any atom is 0.137 e. The number of aromatic nitrogens is 2. The summed E-state index contributed by atoms with van der Waals surface area (Å²) >= 11 is 1.72. The van der Waals surface area contributed by atoms with Crippen molar-refractivity contribution in [1.29, 1.82) is 5.26 Å². The molecule has 3 aromatic heterocycles. The van der Waals surface area contributed by atoms with Crippen LogP contribution in [0.5, 0.6) is 0 Å². The number of hydrogen-bond acceptors (Lipinski definition) is 5. The molecule has 0 saturated carbocycles. The number of benzene rings is 1. The molecule has 0 bridgehead atoms. The van der Waals surface area contributed by atoms with Crippen LogP contribution in [0.3, 0.4) is 0 Å². The number of nitrogens with zero attached hydrogens (tertiary/aromatic N) is 5. The predicted octanol–water partition coefficient (Wildman–Crippen LogP) is 4.74. The molecule has 1 aliphatic rings. The maximum atomic E-state index is 9.17. The van der Waals surface area contributed by atoms with E-state index in [9.17, 15) is 5.26 Å². The summed E-state index contributed by atoms with van der Waals surface area (Å²) in [7, 11) is 2.20.